The first-order valence-corrected chi connectivity index (χ1v) is 7.66. The maximum Gasteiger partial charge on any atom is 0.131 e. The molecule has 1 heterocycles. The van der Waals surface area contributed by atoms with Gasteiger partial charge in [-0.3, -0.25) is 4.68 Å². The van der Waals surface area contributed by atoms with Crippen molar-refractivity contribution in [2.75, 3.05) is 6.61 Å². The SMILES string of the molecule is CCC(CCO)NCc1c(-c2ccccc2)nn(C)c1Cl. The predicted octanol–water partition coefficient (Wildman–Crippen LogP) is 2.99. The second-order valence-corrected chi connectivity index (χ2v) is 5.46. The number of hydrogen-bond acceptors (Lipinski definition) is 3. The van der Waals surface area contributed by atoms with Crippen molar-refractivity contribution in [1.82, 2.24) is 15.1 Å². The molecule has 5 heteroatoms. The number of benzene rings is 1. The monoisotopic (exact) mass is 307 g/mol. The molecule has 21 heavy (non-hydrogen) atoms. The van der Waals surface area contributed by atoms with Crippen molar-refractivity contribution < 1.29 is 5.11 Å². The summed E-state index contributed by atoms with van der Waals surface area (Å²) in [6.07, 6.45) is 1.72. The van der Waals surface area contributed by atoms with Gasteiger partial charge in [0.1, 0.15) is 5.15 Å². The van der Waals surface area contributed by atoms with E-state index in [1.165, 1.54) is 0 Å². The van der Waals surface area contributed by atoms with Crippen LogP contribution < -0.4 is 5.32 Å². The lowest BCUT2D eigenvalue weighted by Crippen LogP contribution is -2.29. The zero-order valence-corrected chi connectivity index (χ0v) is 13.3. The molecule has 0 fully saturated rings. The first-order chi connectivity index (χ1) is 10.2. The number of rotatable bonds is 7. The van der Waals surface area contributed by atoms with Crippen molar-refractivity contribution in [2.24, 2.45) is 7.05 Å². The molecule has 0 radical (unpaired) electrons. The van der Waals surface area contributed by atoms with Gasteiger partial charge in [0.05, 0.1) is 5.69 Å². The fourth-order valence-electron chi connectivity index (χ4n) is 2.38. The lowest BCUT2D eigenvalue weighted by Gasteiger charge is -2.15. The number of aryl methyl sites for hydroxylation is 1. The number of hydrogen-bond donors (Lipinski definition) is 2. The maximum atomic E-state index is 9.07. The fourth-order valence-corrected chi connectivity index (χ4v) is 2.58. The van der Waals surface area contributed by atoms with Crippen molar-refractivity contribution in [3.05, 3.63) is 41.0 Å². The molecule has 4 nitrogen and oxygen atoms in total. The second-order valence-electron chi connectivity index (χ2n) is 5.11. The van der Waals surface area contributed by atoms with Gasteiger partial charge in [0.25, 0.3) is 0 Å². The average molecular weight is 308 g/mol. The Labute approximate surface area is 130 Å². The standard InChI is InChI=1S/C16H22ClN3O/c1-3-13(9-10-21)18-11-14-15(19-20(2)16(14)17)12-7-5-4-6-8-12/h4-8,13,18,21H,3,9-11H2,1-2H3. The smallest absolute Gasteiger partial charge is 0.131 e. The fraction of sp³-hybridized carbons (Fsp3) is 0.438. The summed E-state index contributed by atoms with van der Waals surface area (Å²) in [5, 5.41) is 17.7. The molecule has 0 amide bonds. The first kappa shape index (κ1) is 16.0. The summed E-state index contributed by atoms with van der Waals surface area (Å²) >= 11 is 6.38. The average Bonchev–Trinajstić information content (AvgIpc) is 2.80. The summed E-state index contributed by atoms with van der Waals surface area (Å²) < 4.78 is 1.70. The van der Waals surface area contributed by atoms with Crippen molar-refractivity contribution >= 4 is 11.6 Å². The molecule has 2 N–H and O–H groups in total. The minimum Gasteiger partial charge on any atom is -0.396 e. The molecular formula is C16H22ClN3O. The summed E-state index contributed by atoms with van der Waals surface area (Å²) in [7, 11) is 1.85. The third-order valence-electron chi connectivity index (χ3n) is 3.65. The zero-order valence-electron chi connectivity index (χ0n) is 12.5. The highest BCUT2D eigenvalue weighted by molar-refractivity contribution is 6.30. The molecule has 1 atom stereocenters. The highest BCUT2D eigenvalue weighted by Gasteiger charge is 2.17. The first-order valence-electron chi connectivity index (χ1n) is 7.28. The third kappa shape index (κ3) is 3.84. The van der Waals surface area contributed by atoms with Crippen LogP contribution in [0.25, 0.3) is 11.3 Å². The summed E-state index contributed by atoms with van der Waals surface area (Å²) in [6.45, 7) is 2.95. The van der Waals surface area contributed by atoms with Crippen LogP contribution in [0, 0.1) is 0 Å². The molecule has 0 aliphatic carbocycles. The molecule has 0 aliphatic rings. The van der Waals surface area contributed by atoms with Gasteiger partial charge in [-0.05, 0) is 12.8 Å². The maximum absolute atomic E-state index is 9.07. The molecule has 1 aromatic heterocycles. The summed E-state index contributed by atoms with van der Waals surface area (Å²) in [4.78, 5) is 0. The van der Waals surface area contributed by atoms with E-state index in [2.05, 4.69) is 17.3 Å². The Kier molecular flexibility index (Phi) is 5.79. The van der Waals surface area contributed by atoms with E-state index in [4.69, 9.17) is 16.7 Å². The van der Waals surface area contributed by atoms with Gasteiger partial charge in [0.15, 0.2) is 0 Å². The number of aliphatic hydroxyl groups excluding tert-OH is 1. The van der Waals surface area contributed by atoms with E-state index in [1.807, 2.05) is 37.4 Å². The number of aromatic nitrogens is 2. The molecule has 0 saturated heterocycles. The van der Waals surface area contributed by atoms with E-state index < -0.39 is 0 Å². The van der Waals surface area contributed by atoms with Crippen LogP contribution in [-0.4, -0.2) is 27.5 Å². The van der Waals surface area contributed by atoms with E-state index in [-0.39, 0.29) is 12.6 Å². The van der Waals surface area contributed by atoms with Crippen LogP contribution in [0.5, 0.6) is 0 Å². The van der Waals surface area contributed by atoms with E-state index in [0.717, 1.165) is 29.7 Å². The van der Waals surface area contributed by atoms with E-state index in [9.17, 15) is 0 Å². The Balaban J connectivity index is 2.22. The van der Waals surface area contributed by atoms with Crippen LogP contribution >= 0.6 is 11.6 Å². The number of aliphatic hydroxyl groups is 1. The molecule has 1 unspecified atom stereocenters. The Hall–Kier alpha value is -1.36. The number of nitrogens with zero attached hydrogens (tertiary/aromatic N) is 2. The van der Waals surface area contributed by atoms with Crippen LogP contribution in [0.3, 0.4) is 0 Å². The molecule has 2 aromatic rings. The molecule has 0 bridgehead atoms. The Bertz CT molecular complexity index is 568. The predicted molar refractivity (Wildman–Crippen MR) is 86.3 cm³/mol. The topological polar surface area (TPSA) is 50.1 Å². The zero-order chi connectivity index (χ0) is 15.2. The second kappa shape index (κ2) is 7.59. The van der Waals surface area contributed by atoms with Crippen LogP contribution in [0.15, 0.2) is 30.3 Å². The minimum atomic E-state index is 0.192. The van der Waals surface area contributed by atoms with E-state index in [1.54, 1.807) is 4.68 Å². The number of halogens is 1. The van der Waals surface area contributed by atoms with Crippen molar-refractivity contribution in [1.29, 1.82) is 0 Å². The van der Waals surface area contributed by atoms with E-state index >= 15 is 0 Å². The van der Waals surface area contributed by atoms with Gasteiger partial charge in [-0.25, -0.2) is 0 Å². The Morgan fingerprint density at radius 3 is 2.67 bits per heavy atom. The normalized spacial score (nSPS) is 12.6. The van der Waals surface area contributed by atoms with Crippen molar-refractivity contribution in [3.8, 4) is 11.3 Å². The lowest BCUT2D eigenvalue weighted by molar-refractivity contribution is 0.262. The Morgan fingerprint density at radius 1 is 1.33 bits per heavy atom. The van der Waals surface area contributed by atoms with Gasteiger partial charge in [-0.2, -0.15) is 5.10 Å². The van der Waals surface area contributed by atoms with Gasteiger partial charge in [-0.1, -0.05) is 48.9 Å². The molecular weight excluding hydrogens is 286 g/mol. The quantitative estimate of drug-likeness (QED) is 0.827. The molecule has 0 spiro atoms. The largest absolute Gasteiger partial charge is 0.396 e. The van der Waals surface area contributed by atoms with Gasteiger partial charge < -0.3 is 10.4 Å². The third-order valence-corrected chi connectivity index (χ3v) is 4.13. The summed E-state index contributed by atoms with van der Waals surface area (Å²) in [5.41, 5.74) is 2.98. The van der Waals surface area contributed by atoms with Gasteiger partial charge in [0, 0.05) is 37.4 Å². The van der Waals surface area contributed by atoms with Crippen molar-refractivity contribution in [2.45, 2.75) is 32.4 Å². The van der Waals surface area contributed by atoms with Crippen LogP contribution in [-0.2, 0) is 13.6 Å². The molecule has 2 rings (SSSR count). The molecule has 0 aliphatic heterocycles. The van der Waals surface area contributed by atoms with Gasteiger partial charge >= 0.3 is 0 Å². The molecule has 114 valence electrons. The Morgan fingerprint density at radius 2 is 2.05 bits per heavy atom. The summed E-state index contributed by atoms with van der Waals surface area (Å²) in [6, 6.07) is 10.3. The highest BCUT2D eigenvalue weighted by atomic mass is 35.5. The molecule has 0 saturated carbocycles. The van der Waals surface area contributed by atoms with Gasteiger partial charge in [-0.15, -0.1) is 0 Å². The van der Waals surface area contributed by atoms with Crippen molar-refractivity contribution in [3.63, 3.8) is 0 Å². The summed E-state index contributed by atoms with van der Waals surface area (Å²) in [5.74, 6) is 0. The van der Waals surface area contributed by atoms with Gasteiger partial charge in [0.2, 0.25) is 0 Å². The number of nitrogens with one attached hydrogen (secondary N) is 1. The van der Waals surface area contributed by atoms with Crippen LogP contribution in [0.4, 0.5) is 0 Å². The lowest BCUT2D eigenvalue weighted by atomic mass is 10.1. The molecule has 1 aromatic carbocycles. The van der Waals surface area contributed by atoms with Crippen LogP contribution in [0.2, 0.25) is 5.15 Å². The minimum absolute atomic E-state index is 0.192. The highest BCUT2D eigenvalue weighted by Crippen LogP contribution is 2.28. The van der Waals surface area contributed by atoms with E-state index in [0.29, 0.717) is 11.7 Å². The van der Waals surface area contributed by atoms with Crippen LogP contribution in [0.1, 0.15) is 25.3 Å².